The van der Waals surface area contributed by atoms with Crippen molar-refractivity contribution in [1.82, 2.24) is 45.3 Å². The SMILES string of the molecule is Cc1ncsc1-c1ccc([C@H](C)NC(=O)[C@@H]2C[C@@H](O)CN2C(=O)[C@@H](NC(=O)CCCCN2CCC[C@H]2COc2nc(N3CC4CCC(C3)N4C(=O)OC(C)(C)C)c3cc(Cl)c(-c4ccc(F)c5sc(NC(=O)OC(C)(C)C)nc45)c(F)c3n2)C(C)(C)C)cc1. The Labute approximate surface area is 530 Å². The number of rotatable bonds is 17. The van der Waals surface area contributed by atoms with Gasteiger partial charge in [0.2, 0.25) is 17.7 Å². The monoisotopic (exact) mass is 1280 g/mol. The summed E-state index contributed by atoms with van der Waals surface area (Å²) in [6.07, 6.45) is 2.42. The Morgan fingerprint density at radius 2 is 1.57 bits per heavy atom. The molecular weight excluding hydrogens is 1200 g/mol. The van der Waals surface area contributed by atoms with Gasteiger partial charge < -0.3 is 39.8 Å². The molecule has 478 valence electrons. The van der Waals surface area contributed by atoms with E-state index >= 15 is 8.78 Å². The van der Waals surface area contributed by atoms with E-state index in [0.717, 1.165) is 65.3 Å². The molecule has 5 amide bonds. The maximum absolute atomic E-state index is 17.7. The quantitative estimate of drug-likeness (QED) is 0.0622. The van der Waals surface area contributed by atoms with Crippen molar-refractivity contribution in [3.63, 3.8) is 0 Å². The normalized spacial score (nSPS) is 20.5. The number of ether oxygens (including phenoxy) is 3. The number of thiazole rings is 2. The Kier molecular flexibility index (Phi) is 19.1. The first kappa shape index (κ1) is 65.1. The van der Waals surface area contributed by atoms with Gasteiger partial charge in [0.15, 0.2) is 10.9 Å². The van der Waals surface area contributed by atoms with Gasteiger partial charge >= 0.3 is 18.2 Å². The van der Waals surface area contributed by atoms with Crippen LogP contribution in [0.3, 0.4) is 0 Å². The van der Waals surface area contributed by atoms with Gasteiger partial charge in [-0.1, -0.05) is 68.0 Å². The average molecular weight is 1280 g/mol. The fourth-order valence-corrected chi connectivity index (χ4v) is 14.4. The van der Waals surface area contributed by atoms with Gasteiger partial charge in [0.05, 0.1) is 55.6 Å². The number of aliphatic hydroxyl groups is 1. The van der Waals surface area contributed by atoms with Crippen LogP contribution in [0.4, 0.5) is 29.3 Å². The summed E-state index contributed by atoms with van der Waals surface area (Å²) >= 11 is 9.51. The molecule has 7 atom stereocenters. The second-order valence-corrected chi connectivity index (χ2v) is 29.1. The molecule has 10 rings (SSSR count). The highest BCUT2D eigenvalue weighted by Gasteiger charge is 2.47. The predicted octanol–water partition coefficient (Wildman–Crippen LogP) is 11.6. The molecule has 0 saturated carbocycles. The van der Waals surface area contributed by atoms with Crippen molar-refractivity contribution in [2.24, 2.45) is 5.41 Å². The van der Waals surface area contributed by atoms with Crippen LogP contribution in [-0.2, 0) is 23.9 Å². The number of β-amino-alcohol motifs (C(OH)–C–C–N with tert-alkyl or cyclic N) is 1. The highest BCUT2D eigenvalue weighted by Crippen LogP contribution is 2.45. The van der Waals surface area contributed by atoms with Crippen LogP contribution in [0, 0.1) is 24.0 Å². The van der Waals surface area contributed by atoms with Gasteiger partial charge in [-0.2, -0.15) is 9.97 Å². The van der Waals surface area contributed by atoms with Crippen LogP contribution in [0.2, 0.25) is 5.02 Å². The summed E-state index contributed by atoms with van der Waals surface area (Å²) in [7, 11) is 0. The van der Waals surface area contributed by atoms with Gasteiger partial charge in [-0.25, -0.2) is 28.3 Å². The first-order chi connectivity index (χ1) is 42.0. The molecule has 2 bridgehead atoms. The number of carbonyl (C=O) groups is 5. The van der Waals surface area contributed by atoms with E-state index in [4.69, 9.17) is 35.8 Å². The highest BCUT2D eigenvalue weighted by molar-refractivity contribution is 7.22. The van der Waals surface area contributed by atoms with Gasteiger partial charge in [0.25, 0.3) is 0 Å². The molecule has 7 heterocycles. The minimum absolute atomic E-state index is 0.0160. The van der Waals surface area contributed by atoms with Crippen molar-refractivity contribution in [3.8, 4) is 27.6 Å². The average Bonchev–Trinajstić information content (AvgIpc) is 1.77. The molecule has 0 radical (unpaired) electrons. The van der Waals surface area contributed by atoms with E-state index in [0.29, 0.717) is 43.7 Å². The lowest BCUT2D eigenvalue weighted by Crippen LogP contribution is -2.57. The van der Waals surface area contributed by atoms with E-state index in [9.17, 15) is 29.1 Å². The molecule has 20 nitrogen and oxygen atoms in total. The lowest BCUT2D eigenvalue weighted by atomic mass is 9.85. The molecular formula is C64H80ClF2N11O9S2. The van der Waals surface area contributed by atoms with Gasteiger partial charge in [-0.3, -0.25) is 29.5 Å². The number of amides is 5. The number of halogens is 3. The summed E-state index contributed by atoms with van der Waals surface area (Å²) in [5.74, 6) is -2.21. The summed E-state index contributed by atoms with van der Waals surface area (Å²) in [4.78, 5) is 95.4. The third kappa shape index (κ3) is 14.8. The van der Waals surface area contributed by atoms with Gasteiger partial charge in [0.1, 0.15) is 47.0 Å². The Balaban J connectivity index is 0.811. The maximum atomic E-state index is 17.7. The minimum atomic E-state index is -0.970. The molecule has 2 unspecified atom stereocenters. The van der Waals surface area contributed by atoms with E-state index in [-0.39, 0.29) is 105 Å². The molecule has 0 spiro atoms. The van der Waals surface area contributed by atoms with Crippen LogP contribution >= 0.6 is 34.3 Å². The van der Waals surface area contributed by atoms with E-state index in [2.05, 4.69) is 30.8 Å². The first-order valence-corrected chi connectivity index (χ1v) is 32.6. The fourth-order valence-electron chi connectivity index (χ4n) is 12.4. The summed E-state index contributed by atoms with van der Waals surface area (Å²) in [6.45, 7) is 22.3. The van der Waals surface area contributed by atoms with E-state index < -0.39 is 64.5 Å². The van der Waals surface area contributed by atoms with Crippen molar-refractivity contribution < 1.29 is 52.1 Å². The number of nitrogens with one attached hydrogen (secondary N) is 3. The van der Waals surface area contributed by atoms with E-state index in [1.807, 2.05) is 90.1 Å². The van der Waals surface area contributed by atoms with Gasteiger partial charge in [0, 0.05) is 55.0 Å². The molecule has 4 fully saturated rings. The number of carbonyl (C=O) groups excluding carboxylic acids is 5. The van der Waals surface area contributed by atoms with Gasteiger partial charge in [-0.05, 0) is 142 Å². The Hall–Kier alpha value is -6.86. The summed E-state index contributed by atoms with van der Waals surface area (Å²) in [5, 5.41) is 19.8. The van der Waals surface area contributed by atoms with Crippen LogP contribution < -0.4 is 25.6 Å². The van der Waals surface area contributed by atoms with Crippen molar-refractivity contribution in [2.75, 3.05) is 49.5 Å². The molecule has 6 aromatic rings. The number of aryl methyl sites for hydroxylation is 1. The van der Waals surface area contributed by atoms with E-state index in [1.165, 1.54) is 17.0 Å². The Morgan fingerprint density at radius 1 is 0.865 bits per heavy atom. The Bertz CT molecular complexity index is 3630. The zero-order valence-corrected chi connectivity index (χ0v) is 54.7. The standard InChI is InChI=1S/C64H80ClF2N11O9S2/c1-34(36-17-19-37(20-18-36)52-35(2)68-33-88-52)69-56(81)46-27-41(79)31-77(46)57(82)54(62(3,4)5)70-47(80)16-12-13-25-75-26-14-15-40(75)32-85-58-71-50-43(55(73-58)76-29-38-21-22-39(30-76)78(38)61(84)87-64(9,10)11)28-44(65)48(49(50)67)42-23-24-45(66)53-51(42)72-59(89-53)74-60(83)86-63(6,7)8/h17-20,23-24,28,33-34,38-41,46,54,79H,12-16,21-22,25-27,29-32H2,1-11H3,(H,69,81)(H,70,80)(H,72,74,83)/t34-,38?,39?,40-,41+,46-,54+/m0/s1. The number of aromatic nitrogens is 4. The number of piperazine rings is 1. The topological polar surface area (TPSA) is 234 Å². The van der Waals surface area contributed by atoms with Crippen molar-refractivity contribution in [2.45, 2.75) is 181 Å². The zero-order chi connectivity index (χ0) is 64.0. The number of likely N-dealkylation sites (tertiary alicyclic amines) is 2. The predicted molar refractivity (Wildman–Crippen MR) is 340 cm³/mol. The van der Waals surface area contributed by atoms with E-state index in [1.54, 1.807) is 43.1 Å². The molecule has 4 aliphatic heterocycles. The smallest absolute Gasteiger partial charge is 0.413 e. The number of aliphatic hydroxyl groups excluding tert-OH is 1. The highest BCUT2D eigenvalue weighted by atomic mass is 35.5. The number of nitrogens with zero attached hydrogens (tertiary/aromatic N) is 8. The third-order valence-corrected chi connectivity index (χ3v) is 18.9. The van der Waals surface area contributed by atoms with Crippen molar-refractivity contribution in [3.05, 3.63) is 75.9 Å². The molecule has 3 aromatic carbocycles. The lowest BCUT2D eigenvalue weighted by molar-refractivity contribution is -0.144. The van der Waals surface area contributed by atoms with Crippen LogP contribution in [0.1, 0.15) is 138 Å². The molecule has 25 heteroatoms. The summed E-state index contributed by atoms with van der Waals surface area (Å²) in [6, 6.07) is 9.20. The van der Waals surface area contributed by atoms with Crippen molar-refractivity contribution in [1.29, 1.82) is 0 Å². The molecule has 4 saturated heterocycles. The lowest BCUT2D eigenvalue weighted by Gasteiger charge is -2.42. The Morgan fingerprint density at radius 3 is 2.24 bits per heavy atom. The maximum Gasteiger partial charge on any atom is 0.413 e. The number of anilines is 2. The van der Waals surface area contributed by atoms with Crippen LogP contribution in [0.5, 0.6) is 6.01 Å². The van der Waals surface area contributed by atoms with Gasteiger partial charge in [-0.15, -0.1) is 11.3 Å². The fraction of sp³-hybridized carbons (Fsp3) is 0.547. The molecule has 89 heavy (non-hydrogen) atoms. The summed E-state index contributed by atoms with van der Waals surface area (Å²) in [5.41, 5.74) is 2.47. The van der Waals surface area contributed by atoms with Crippen molar-refractivity contribution >= 4 is 96.3 Å². The number of hydrogen-bond acceptors (Lipinski definition) is 17. The second-order valence-electron chi connectivity index (χ2n) is 26.9. The molecule has 4 aliphatic rings. The number of benzene rings is 3. The van der Waals surface area contributed by atoms with Crippen LogP contribution in [0.15, 0.2) is 48.0 Å². The summed E-state index contributed by atoms with van der Waals surface area (Å²) < 4.78 is 51.0. The minimum Gasteiger partial charge on any atom is -0.462 e. The first-order valence-electron chi connectivity index (χ1n) is 30.5. The molecule has 3 aromatic heterocycles. The number of hydrogen-bond donors (Lipinski definition) is 4. The molecule has 4 N–H and O–H groups in total. The molecule has 0 aliphatic carbocycles. The number of fused-ring (bicyclic) bond motifs is 4. The van der Waals surface area contributed by atoms with Crippen LogP contribution in [-0.4, -0.2) is 156 Å². The largest absolute Gasteiger partial charge is 0.462 e. The zero-order valence-electron chi connectivity index (χ0n) is 52.3. The number of unbranched alkanes of at least 4 members (excludes halogenated alkanes) is 1. The van der Waals surface area contributed by atoms with Crippen LogP contribution in [0.25, 0.3) is 42.7 Å². The third-order valence-electron chi connectivity index (χ3n) is 16.7. The second kappa shape index (κ2) is 26.2.